The first-order valence-electron chi connectivity index (χ1n) is 20.8. The fourth-order valence-corrected chi connectivity index (χ4v) is 10.8. The summed E-state index contributed by atoms with van der Waals surface area (Å²) in [4.78, 5) is 37.0. The van der Waals surface area contributed by atoms with Gasteiger partial charge in [0.1, 0.15) is 11.6 Å². The first-order chi connectivity index (χ1) is 27.2. The first kappa shape index (κ1) is 37.2. The molecule has 2 amide bonds. The van der Waals surface area contributed by atoms with E-state index in [1.807, 2.05) is 6.07 Å². The highest BCUT2D eigenvalue weighted by Crippen LogP contribution is 2.62. The molecule has 1 unspecified atom stereocenters. The van der Waals surface area contributed by atoms with Crippen LogP contribution in [0.3, 0.4) is 0 Å². The van der Waals surface area contributed by atoms with E-state index in [0.29, 0.717) is 48.2 Å². The zero-order chi connectivity index (χ0) is 38.6. The van der Waals surface area contributed by atoms with E-state index in [-0.39, 0.29) is 23.3 Å². The van der Waals surface area contributed by atoms with Gasteiger partial charge in [-0.15, -0.1) is 0 Å². The molecule has 2 N–H and O–H groups in total. The lowest BCUT2D eigenvalue weighted by atomic mass is 9.66. The molecule has 1 saturated carbocycles. The van der Waals surface area contributed by atoms with Crippen molar-refractivity contribution >= 4 is 28.9 Å². The Hall–Kier alpha value is -4.42. The molecule has 9 rings (SSSR count). The van der Waals surface area contributed by atoms with Crippen molar-refractivity contribution in [3.63, 3.8) is 0 Å². The molecule has 10 nitrogen and oxygen atoms in total. The van der Waals surface area contributed by atoms with Crippen molar-refractivity contribution in [2.75, 3.05) is 87.3 Å². The second kappa shape index (κ2) is 15.2. The highest BCUT2D eigenvalue weighted by Gasteiger charge is 2.63. The van der Waals surface area contributed by atoms with E-state index in [0.717, 1.165) is 102 Å². The smallest absolute Gasteiger partial charge is 0.251 e. The van der Waals surface area contributed by atoms with Crippen LogP contribution in [0.25, 0.3) is 0 Å². The minimum absolute atomic E-state index is 0.0379. The van der Waals surface area contributed by atoms with Crippen LogP contribution in [-0.2, 0) is 11.3 Å². The summed E-state index contributed by atoms with van der Waals surface area (Å²) in [6.45, 7) is 10.9. The molecule has 5 fully saturated rings. The van der Waals surface area contributed by atoms with E-state index in [1.165, 1.54) is 42.1 Å². The van der Waals surface area contributed by atoms with Crippen LogP contribution in [0.1, 0.15) is 78.9 Å². The van der Waals surface area contributed by atoms with Crippen LogP contribution in [-0.4, -0.2) is 99.3 Å². The molecular formula is C44H54F2N6O4. The monoisotopic (exact) mass is 768 g/mol. The van der Waals surface area contributed by atoms with Gasteiger partial charge in [-0.2, -0.15) is 0 Å². The van der Waals surface area contributed by atoms with Crippen molar-refractivity contribution in [3.05, 3.63) is 76.9 Å². The third-order valence-corrected chi connectivity index (χ3v) is 13.9. The number of carbonyl (C=O) groups is 2. The highest BCUT2D eigenvalue weighted by atomic mass is 19.1. The second-order valence-electron chi connectivity index (χ2n) is 17.1. The molecule has 5 aliphatic heterocycles. The Kier molecular flexibility index (Phi) is 10.1. The maximum atomic E-state index is 16.2. The fourth-order valence-electron chi connectivity index (χ4n) is 10.8. The minimum Gasteiger partial charge on any atom is -0.503 e. The molecule has 1 spiro atoms. The van der Waals surface area contributed by atoms with Crippen molar-refractivity contribution < 1.29 is 28.2 Å². The lowest BCUT2D eigenvalue weighted by Gasteiger charge is -2.55. The number of anilines is 3. The molecule has 6 aliphatic rings. The topological polar surface area (TPSA) is 91.8 Å². The summed E-state index contributed by atoms with van der Waals surface area (Å²) in [6.07, 6.45) is 7.48. The Morgan fingerprint density at radius 1 is 0.786 bits per heavy atom. The van der Waals surface area contributed by atoms with Gasteiger partial charge in [0.2, 0.25) is 5.91 Å². The number of fused-ring (bicyclic) bond motifs is 1. The average Bonchev–Trinajstić information content (AvgIpc) is 3.88. The van der Waals surface area contributed by atoms with E-state index in [1.54, 1.807) is 19.2 Å². The lowest BCUT2D eigenvalue weighted by Crippen LogP contribution is -2.62. The van der Waals surface area contributed by atoms with Gasteiger partial charge in [0.25, 0.3) is 5.91 Å². The summed E-state index contributed by atoms with van der Waals surface area (Å²) in [7, 11) is 1.57. The number of para-hydroxylation sites is 1. The Morgan fingerprint density at radius 2 is 1.43 bits per heavy atom. The van der Waals surface area contributed by atoms with Gasteiger partial charge in [-0.1, -0.05) is 18.9 Å². The fraction of sp³-hybridized carbons (Fsp3) is 0.545. The van der Waals surface area contributed by atoms with Crippen molar-refractivity contribution in [2.24, 2.45) is 17.3 Å². The number of phenols is 1. The number of nitrogens with one attached hydrogen (secondary N) is 1. The number of halogens is 2. The van der Waals surface area contributed by atoms with Crippen LogP contribution in [0, 0.1) is 28.9 Å². The zero-order valence-corrected chi connectivity index (χ0v) is 32.4. The molecule has 12 heteroatoms. The standard InChI is InChI=1S/C44H54F2N6O4/c1-56-39-25-38(36(46)24-34(39)41-44(13-2-3-14-44)43(55)52(41)37-6-4-5-35(45)40(37)53)51-17-11-30(12-18-51)28-49-21-19-48(20-22-49)27-29-9-15-50(16-10-29)32-7-8-33-31(23-32)26-47-42(33)54/h4-8,23-25,29-30,41,53H,2-3,9-22,26-28H2,1H3,(H,47,54). The van der Waals surface area contributed by atoms with Crippen molar-refractivity contribution in [3.8, 4) is 11.5 Å². The number of aromatic hydroxyl groups is 1. The van der Waals surface area contributed by atoms with Gasteiger partial charge in [-0.05, 0) is 92.3 Å². The molecular weight excluding hydrogens is 715 g/mol. The number of ether oxygens (including phenoxy) is 1. The average molecular weight is 769 g/mol. The Morgan fingerprint density at radius 3 is 2.07 bits per heavy atom. The normalized spacial score (nSPS) is 23.5. The third-order valence-electron chi connectivity index (χ3n) is 13.9. The van der Waals surface area contributed by atoms with Gasteiger partial charge < -0.3 is 34.8 Å². The summed E-state index contributed by atoms with van der Waals surface area (Å²) in [5, 5.41) is 13.5. The molecule has 0 bridgehead atoms. The minimum atomic E-state index is -0.796. The van der Waals surface area contributed by atoms with Crippen LogP contribution in [0.5, 0.6) is 11.5 Å². The van der Waals surface area contributed by atoms with Gasteiger partial charge in [-0.3, -0.25) is 14.5 Å². The van der Waals surface area contributed by atoms with E-state index in [4.69, 9.17) is 4.74 Å². The number of amides is 2. The molecule has 3 aromatic rings. The number of hydrogen-bond donors (Lipinski definition) is 2. The predicted molar refractivity (Wildman–Crippen MR) is 213 cm³/mol. The Bertz CT molecular complexity index is 1960. The molecule has 298 valence electrons. The number of benzene rings is 3. The molecule has 5 heterocycles. The van der Waals surface area contributed by atoms with Gasteiger partial charge in [-0.25, -0.2) is 8.78 Å². The van der Waals surface area contributed by atoms with Crippen molar-refractivity contribution in [1.29, 1.82) is 0 Å². The number of methoxy groups -OCH3 is 1. The van der Waals surface area contributed by atoms with E-state index in [2.05, 4.69) is 37.0 Å². The van der Waals surface area contributed by atoms with E-state index < -0.39 is 23.0 Å². The Labute approximate surface area is 328 Å². The molecule has 1 aliphatic carbocycles. The molecule has 3 aromatic carbocycles. The number of hydrogen-bond acceptors (Lipinski definition) is 8. The summed E-state index contributed by atoms with van der Waals surface area (Å²) in [5.41, 5.74) is 3.62. The quantitative estimate of drug-likeness (QED) is 0.245. The van der Waals surface area contributed by atoms with Gasteiger partial charge in [0.15, 0.2) is 11.6 Å². The lowest BCUT2D eigenvalue weighted by molar-refractivity contribution is -0.139. The Balaban J connectivity index is 0.769. The number of piperidine rings is 2. The largest absolute Gasteiger partial charge is 0.503 e. The molecule has 56 heavy (non-hydrogen) atoms. The van der Waals surface area contributed by atoms with Crippen LogP contribution in [0.2, 0.25) is 0 Å². The first-order valence-corrected chi connectivity index (χ1v) is 20.8. The molecule has 0 aromatic heterocycles. The number of carbonyl (C=O) groups excluding carboxylic acids is 2. The molecule has 1 atom stereocenters. The van der Waals surface area contributed by atoms with Crippen molar-refractivity contribution in [1.82, 2.24) is 15.1 Å². The van der Waals surface area contributed by atoms with Crippen LogP contribution >= 0.6 is 0 Å². The summed E-state index contributed by atoms with van der Waals surface area (Å²) in [6, 6.07) is 13.2. The van der Waals surface area contributed by atoms with E-state index >= 15 is 4.39 Å². The second-order valence-corrected chi connectivity index (χ2v) is 17.1. The van der Waals surface area contributed by atoms with Crippen LogP contribution in [0.15, 0.2) is 48.5 Å². The number of nitrogens with zero attached hydrogens (tertiary/aromatic N) is 5. The van der Waals surface area contributed by atoms with Crippen LogP contribution in [0.4, 0.5) is 25.8 Å². The number of β-lactam (4-membered cyclic amide) rings is 1. The summed E-state index contributed by atoms with van der Waals surface area (Å²) >= 11 is 0. The number of phenolic OH excluding ortho intramolecular Hbond substituents is 1. The molecule has 4 saturated heterocycles. The van der Waals surface area contributed by atoms with Crippen molar-refractivity contribution in [2.45, 2.75) is 64.0 Å². The molecule has 0 radical (unpaired) electrons. The zero-order valence-electron chi connectivity index (χ0n) is 32.4. The van der Waals surface area contributed by atoms with Gasteiger partial charge in [0.05, 0.1) is 29.9 Å². The SMILES string of the molecule is COc1cc(N2CCC(CN3CCN(CC4CCN(c5ccc6c(c5)CNC6=O)CC4)CC3)CC2)c(F)cc1C1N(c2cccc(F)c2O)C(=O)C12CCCC2. The van der Waals surface area contributed by atoms with E-state index in [9.17, 15) is 19.1 Å². The predicted octanol–water partition coefficient (Wildman–Crippen LogP) is 6.32. The van der Waals surface area contributed by atoms with Gasteiger partial charge in [0, 0.05) is 94.9 Å². The number of rotatable bonds is 9. The maximum absolute atomic E-state index is 16.2. The maximum Gasteiger partial charge on any atom is 0.251 e. The third kappa shape index (κ3) is 6.66. The summed E-state index contributed by atoms with van der Waals surface area (Å²) < 4.78 is 36.5. The summed E-state index contributed by atoms with van der Waals surface area (Å²) in [5.74, 6) is -0.0482. The highest BCUT2D eigenvalue weighted by molar-refractivity contribution is 6.07. The number of piperazine rings is 1. The van der Waals surface area contributed by atoms with Gasteiger partial charge >= 0.3 is 0 Å². The van der Waals surface area contributed by atoms with Crippen LogP contribution < -0.4 is 24.8 Å².